The van der Waals surface area contributed by atoms with Gasteiger partial charge in [0.05, 0.1) is 5.39 Å². The monoisotopic (exact) mass is 257 g/mol. The number of amides is 1. The minimum atomic E-state index is -0.194. The van der Waals surface area contributed by atoms with Crippen LogP contribution >= 0.6 is 0 Å². The van der Waals surface area contributed by atoms with Crippen LogP contribution < -0.4 is 10.9 Å². The summed E-state index contributed by atoms with van der Waals surface area (Å²) in [6, 6.07) is 7.39. The molecular weight excluding hydrogens is 242 g/mol. The quantitative estimate of drug-likeness (QED) is 0.901. The molecule has 1 amide bonds. The number of hydrogen-bond acceptors (Lipinski definition) is 3. The van der Waals surface area contributed by atoms with E-state index in [0.717, 1.165) is 12.8 Å². The molecule has 2 aromatic rings. The summed E-state index contributed by atoms with van der Waals surface area (Å²) in [5, 5.41) is 8.27. The molecule has 1 aromatic heterocycles. The molecule has 1 N–H and O–H groups in total. The van der Waals surface area contributed by atoms with Crippen molar-refractivity contribution in [2.45, 2.75) is 32.4 Å². The van der Waals surface area contributed by atoms with Crippen molar-refractivity contribution in [3.63, 3.8) is 0 Å². The van der Waals surface area contributed by atoms with Crippen LogP contribution in [0.3, 0.4) is 0 Å². The lowest BCUT2D eigenvalue weighted by Gasteiger charge is -2.09. The molecule has 0 bridgehead atoms. The Labute approximate surface area is 110 Å². The Balaban J connectivity index is 2.18. The van der Waals surface area contributed by atoms with Gasteiger partial charge >= 0.3 is 0 Å². The van der Waals surface area contributed by atoms with E-state index in [2.05, 4.69) is 10.4 Å². The molecule has 0 radical (unpaired) electrons. The van der Waals surface area contributed by atoms with E-state index >= 15 is 0 Å². The molecule has 1 aliphatic carbocycles. The molecule has 0 saturated heterocycles. The van der Waals surface area contributed by atoms with E-state index in [-0.39, 0.29) is 17.5 Å². The molecule has 19 heavy (non-hydrogen) atoms. The predicted octanol–water partition coefficient (Wildman–Crippen LogP) is 1.31. The van der Waals surface area contributed by atoms with Crippen LogP contribution in [0.1, 0.15) is 30.3 Å². The van der Waals surface area contributed by atoms with Gasteiger partial charge in [-0.2, -0.15) is 5.10 Å². The van der Waals surface area contributed by atoms with E-state index < -0.39 is 0 Å². The van der Waals surface area contributed by atoms with Crippen molar-refractivity contribution >= 4 is 16.7 Å². The molecule has 1 aromatic carbocycles. The Morgan fingerprint density at radius 2 is 2.05 bits per heavy atom. The highest BCUT2D eigenvalue weighted by Gasteiger charge is 2.25. The molecule has 1 fully saturated rings. The van der Waals surface area contributed by atoms with Crippen LogP contribution in [0, 0.1) is 0 Å². The highest BCUT2D eigenvalue weighted by Crippen LogP contribution is 2.20. The average Bonchev–Trinajstić information content (AvgIpc) is 3.23. The number of carbonyl (C=O) groups excluding carboxylic acids is 1. The summed E-state index contributed by atoms with van der Waals surface area (Å²) in [4.78, 5) is 24.3. The number of nitrogens with zero attached hydrogens (tertiary/aromatic N) is 2. The first kappa shape index (κ1) is 11.9. The van der Waals surface area contributed by atoms with Crippen molar-refractivity contribution < 1.29 is 4.79 Å². The number of rotatable bonds is 3. The molecule has 0 aliphatic heterocycles. The Morgan fingerprint density at radius 1 is 1.37 bits per heavy atom. The third-order valence-electron chi connectivity index (χ3n) is 3.29. The predicted molar refractivity (Wildman–Crippen MR) is 72.2 cm³/mol. The van der Waals surface area contributed by atoms with Crippen LogP contribution in [-0.4, -0.2) is 21.7 Å². The summed E-state index contributed by atoms with van der Waals surface area (Å²) in [6.45, 7) is 2.29. The first-order chi connectivity index (χ1) is 9.20. The number of nitrogens with one attached hydrogen (secondary N) is 1. The number of aromatic nitrogens is 2. The van der Waals surface area contributed by atoms with Crippen LogP contribution in [0.5, 0.6) is 0 Å². The highest BCUT2D eigenvalue weighted by atomic mass is 16.2. The fourth-order valence-electron chi connectivity index (χ4n) is 2.10. The second-order valence-corrected chi connectivity index (χ2v) is 4.76. The van der Waals surface area contributed by atoms with E-state index in [1.54, 1.807) is 18.2 Å². The second-order valence-electron chi connectivity index (χ2n) is 4.76. The van der Waals surface area contributed by atoms with Crippen molar-refractivity contribution in [3.05, 3.63) is 40.3 Å². The summed E-state index contributed by atoms with van der Waals surface area (Å²) >= 11 is 0. The Bertz CT molecular complexity index is 701. The molecule has 1 aliphatic rings. The maximum atomic E-state index is 12.2. The molecule has 0 spiro atoms. The van der Waals surface area contributed by atoms with Crippen molar-refractivity contribution in [3.8, 4) is 0 Å². The summed E-state index contributed by atoms with van der Waals surface area (Å²) in [6.07, 6.45) is 2.05. The van der Waals surface area contributed by atoms with Crippen LogP contribution in [-0.2, 0) is 6.54 Å². The molecule has 1 heterocycles. The summed E-state index contributed by atoms with van der Waals surface area (Å²) in [7, 11) is 0. The van der Waals surface area contributed by atoms with Crippen molar-refractivity contribution in [2.75, 3.05) is 0 Å². The van der Waals surface area contributed by atoms with Crippen molar-refractivity contribution in [1.29, 1.82) is 0 Å². The molecule has 0 atom stereocenters. The number of hydrogen-bond donors (Lipinski definition) is 1. The Hall–Kier alpha value is -2.17. The average molecular weight is 257 g/mol. The Kier molecular flexibility index (Phi) is 2.81. The van der Waals surface area contributed by atoms with E-state index in [1.165, 1.54) is 4.68 Å². The summed E-state index contributed by atoms with van der Waals surface area (Å²) in [5.41, 5.74) is 0.185. The standard InChI is InChI=1S/C14H15N3O2/c1-2-17-14(19)11-6-4-3-5-10(11)12(16-17)13(18)15-9-7-8-9/h3-6,9H,2,7-8H2,1H3,(H,15,18). The fraction of sp³-hybridized carbons (Fsp3) is 0.357. The van der Waals surface area contributed by atoms with Gasteiger partial charge in [0.25, 0.3) is 11.5 Å². The molecule has 0 unspecified atom stereocenters. The van der Waals surface area contributed by atoms with Crippen molar-refractivity contribution in [1.82, 2.24) is 15.1 Å². The summed E-state index contributed by atoms with van der Waals surface area (Å²) in [5.74, 6) is -0.194. The zero-order chi connectivity index (χ0) is 13.4. The number of carbonyl (C=O) groups is 1. The van der Waals surface area contributed by atoms with Crippen LogP contribution in [0.25, 0.3) is 10.8 Å². The smallest absolute Gasteiger partial charge is 0.274 e. The van der Waals surface area contributed by atoms with E-state index in [9.17, 15) is 9.59 Å². The van der Waals surface area contributed by atoms with Gasteiger partial charge in [0.2, 0.25) is 0 Å². The lowest BCUT2D eigenvalue weighted by atomic mass is 10.1. The first-order valence-corrected chi connectivity index (χ1v) is 6.51. The van der Waals surface area contributed by atoms with E-state index in [4.69, 9.17) is 0 Å². The largest absolute Gasteiger partial charge is 0.348 e. The molecular formula is C14H15N3O2. The number of aryl methyl sites for hydroxylation is 1. The van der Waals surface area contributed by atoms with Gasteiger partial charge in [-0.1, -0.05) is 18.2 Å². The van der Waals surface area contributed by atoms with Gasteiger partial charge in [-0.05, 0) is 25.8 Å². The number of fused-ring (bicyclic) bond motifs is 1. The lowest BCUT2D eigenvalue weighted by Crippen LogP contribution is -2.31. The fourth-order valence-corrected chi connectivity index (χ4v) is 2.10. The zero-order valence-electron chi connectivity index (χ0n) is 10.7. The zero-order valence-corrected chi connectivity index (χ0v) is 10.7. The van der Waals surface area contributed by atoms with Crippen LogP contribution in [0.4, 0.5) is 0 Å². The van der Waals surface area contributed by atoms with Gasteiger partial charge in [-0.3, -0.25) is 9.59 Å². The van der Waals surface area contributed by atoms with Gasteiger partial charge < -0.3 is 5.32 Å². The van der Waals surface area contributed by atoms with Crippen molar-refractivity contribution in [2.24, 2.45) is 0 Å². The SMILES string of the molecule is CCn1nc(C(=O)NC2CC2)c2ccccc2c1=O. The maximum Gasteiger partial charge on any atom is 0.274 e. The van der Waals surface area contributed by atoms with Gasteiger partial charge in [-0.25, -0.2) is 4.68 Å². The molecule has 1 saturated carbocycles. The van der Waals surface area contributed by atoms with Gasteiger partial charge in [0, 0.05) is 18.0 Å². The Morgan fingerprint density at radius 3 is 2.68 bits per heavy atom. The molecule has 98 valence electrons. The summed E-state index contributed by atoms with van der Waals surface area (Å²) < 4.78 is 1.34. The third-order valence-corrected chi connectivity index (χ3v) is 3.29. The highest BCUT2D eigenvalue weighted by molar-refractivity contribution is 6.04. The third kappa shape index (κ3) is 2.12. The van der Waals surface area contributed by atoms with E-state index in [0.29, 0.717) is 23.0 Å². The molecule has 3 rings (SSSR count). The number of benzene rings is 1. The van der Waals surface area contributed by atoms with Crippen LogP contribution in [0.15, 0.2) is 29.1 Å². The van der Waals surface area contributed by atoms with Gasteiger partial charge in [-0.15, -0.1) is 0 Å². The molecule has 5 nitrogen and oxygen atoms in total. The minimum absolute atomic E-state index is 0.152. The normalized spacial score (nSPS) is 14.6. The second kappa shape index (κ2) is 4.50. The lowest BCUT2D eigenvalue weighted by molar-refractivity contribution is 0.0945. The topological polar surface area (TPSA) is 64.0 Å². The maximum absolute atomic E-state index is 12.2. The van der Waals surface area contributed by atoms with E-state index in [1.807, 2.05) is 13.0 Å². The van der Waals surface area contributed by atoms with Crippen LogP contribution in [0.2, 0.25) is 0 Å². The first-order valence-electron chi connectivity index (χ1n) is 6.51. The van der Waals surface area contributed by atoms with Gasteiger partial charge in [0.1, 0.15) is 0 Å². The minimum Gasteiger partial charge on any atom is -0.348 e. The molecule has 5 heteroatoms. The van der Waals surface area contributed by atoms with Gasteiger partial charge in [0.15, 0.2) is 5.69 Å².